The molecule has 0 saturated heterocycles. The predicted molar refractivity (Wildman–Crippen MR) is 73.8 cm³/mol. The van der Waals surface area contributed by atoms with Gasteiger partial charge in [0.2, 0.25) is 0 Å². The zero-order valence-electron chi connectivity index (χ0n) is 10.4. The second kappa shape index (κ2) is 5.85. The van der Waals surface area contributed by atoms with Gasteiger partial charge in [0.05, 0.1) is 0 Å². The Bertz CT molecular complexity index is 613. The second-order valence-electron chi connectivity index (χ2n) is 4.28. The molecule has 0 aromatic heterocycles. The summed E-state index contributed by atoms with van der Waals surface area (Å²) in [6.07, 6.45) is 0. The van der Waals surface area contributed by atoms with E-state index in [0.717, 1.165) is 5.56 Å². The van der Waals surface area contributed by atoms with E-state index in [2.05, 4.69) is 5.32 Å². The minimum atomic E-state index is -0.314. The van der Waals surface area contributed by atoms with Gasteiger partial charge in [0.15, 0.2) is 0 Å². The summed E-state index contributed by atoms with van der Waals surface area (Å²) in [6, 6.07) is 11.6. The van der Waals surface area contributed by atoms with Crippen molar-refractivity contribution in [3.05, 3.63) is 70.0 Å². The molecule has 19 heavy (non-hydrogen) atoms. The number of hydrogen-bond acceptors (Lipinski definition) is 1. The van der Waals surface area contributed by atoms with E-state index >= 15 is 0 Å². The van der Waals surface area contributed by atoms with Crippen molar-refractivity contribution in [3.8, 4) is 0 Å². The highest BCUT2D eigenvalue weighted by Gasteiger charge is 2.07. The number of rotatable bonds is 3. The maximum Gasteiger partial charge on any atom is 0.251 e. The van der Waals surface area contributed by atoms with Crippen LogP contribution in [0.4, 0.5) is 4.39 Å². The van der Waals surface area contributed by atoms with Crippen LogP contribution in [0.5, 0.6) is 0 Å². The van der Waals surface area contributed by atoms with Gasteiger partial charge in [-0.1, -0.05) is 23.7 Å². The van der Waals surface area contributed by atoms with Gasteiger partial charge in [-0.25, -0.2) is 4.39 Å². The minimum Gasteiger partial charge on any atom is -0.348 e. The average molecular weight is 278 g/mol. The van der Waals surface area contributed by atoms with Crippen molar-refractivity contribution in [1.82, 2.24) is 5.32 Å². The third kappa shape index (κ3) is 3.55. The first kappa shape index (κ1) is 13.6. The molecule has 0 aliphatic rings. The summed E-state index contributed by atoms with van der Waals surface area (Å²) in [6.45, 7) is 2.01. The normalized spacial score (nSPS) is 10.3. The van der Waals surface area contributed by atoms with Crippen LogP contribution in [0.2, 0.25) is 5.02 Å². The van der Waals surface area contributed by atoms with Crippen LogP contribution in [-0.2, 0) is 6.54 Å². The molecular formula is C15H13ClFNO. The largest absolute Gasteiger partial charge is 0.348 e. The first-order valence-corrected chi connectivity index (χ1v) is 6.23. The highest BCUT2D eigenvalue weighted by atomic mass is 35.5. The number of halogens is 2. The van der Waals surface area contributed by atoms with Crippen molar-refractivity contribution in [2.75, 3.05) is 0 Å². The predicted octanol–water partition coefficient (Wildman–Crippen LogP) is 3.72. The van der Waals surface area contributed by atoms with E-state index in [9.17, 15) is 9.18 Å². The molecule has 0 aliphatic heterocycles. The van der Waals surface area contributed by atoms with E-state index in [1.54, 1.807) is 19.1 Å². The van der Waals surface area contributed by atoms with Gasteiger partial charge < -0.3 is 5.32 Å². The molecular weight excluding hydrogens is 265 g/mol. The first-order chi connectivity index (χ1) is 9.06. The van der Waals surface area contributed by atoms with Gasteiger partial charge in [0, 0.05) is 17.1 Å². The van der Waals surface area contributed by atoms with Gasteiger partial charge in [-0.2, -0.15) is 0 Å². The number of aryl methyl sites for hydroxylation is 1. The van der Waals surface area contributed by atoms with Crippen LogP contribution in [0.15, 0.2) is 42.5 Å². The van der Waals surface area contributed by atoms with E-state index in [0.29, 0.717) is 22.7 Å². The molecule has 0 saturated carbocycles. The lowest BCUT2D eigenvalue weighted by molar-refractivity contribution is 0.0951. The quantitative estimate of drug-likeness (QED) is 0.910. The molecule has 2 nitrogen and oxygen atoms in total. The molecule has 0 spiro atoms. The maximum atomic E-state index is 13.1. The van der Waals surface area contributed by atoms with Crippen LogP contribution >= 0.6 is 11.6 Å². The highest BCUT2D eigenvalue weighted by molar-refractivity contribution is 6.30. The molecule has 1 amide bonds. The number of carbonyl (C=O) groups is 1. The molecule has 98 valence electrons. The Kier molecular flexibility index (Phi) is 4.17. The summed E-state index contributed by atoms with van der Waals surface area (Å²) in [5.41, 5.74) is 1.82. The SMILES string of the molecule is Cc1cc(C(=O)NCc2cccc(Cl)c2)ccc1F. The van der Waals surface area contributed by atoms with Crippen LogP contribution in [0.25, 0.3) is 0 Å². The van der Waals surface area contributed by atoms with E-state index < -0.39 is 0 Å². The molecule has 0 bridgehead atoms. The van der Waals surface area contributed by atoms with Gasteiger partial charge in [-0.15, -0.1) is 0 Å². The molecule has 4 heteroatoms. The molecule has 2 rings (SSSR count). The zero-order valence-corrected chi connectivity index (χ0v) is 11.2. The van der Waals surface area contributed by atoms with Crippen LogP contribution in [-0.4, -0.2) is 5.91 Å². The number of carbonyl (C=O) groups excluding carboxylic acids is 1. The fraction of sp³-hybridized carbons (Fsp3) is 0.133. The standard InChI is InChI=1S/C15H13ClFNO/c1-10-7-12(5-6-14(10)17)15(19)18-9-11-3-2-4-13(16)8-11/h2-8H,9H2,1H3,(H,18,19). The van der Waals surface area contributed by atoms with Crippen LogP contribution < -0.4 is 5.32 Å². The van der Waals surface area contributed by atoms with Crippen molar-refractivity contribution in [3.63, 3.8) is 0 Å². The van der Waals surface area contributed by atoms with Crippen molar-refractivity contribution < 1.29 is 9.18 Å². The first-order valence-electron chi connectivity index (χ1n) is 5.85. The lowest BCUT2D eigenvalue weighted by atomic mass is 10.1. The topological polar surface area (TPSA) is 29.1 Å². The monoisotopic (exact) mass is 277 g/mol. The van der Waals surface area contributed by atoms with E-state index in [4.69, 9.17) is 11.6 Å². The third-order valence-electron chi connectivity index (χ3n) is 2.76. The van der Waals surface area contributed by atoms with Gasteiger partial charge >= 0.3 is 0 Å². The minimum absolute atomic E-state index is 0.233. The summed E-state index contributed by atoms with van der Waals surface area (Å²) in [5.74, 6) is -0.547. The Labute approximate surface area is 116 Å². The lowest BCUT2D eigenvalue weighted by Crippen LogP contribution is -2.22. The van der Waals surface area contributed by atoms with Crippen LogP contribution in [0.3, 0.4) is 0 Å². The van der Waals surface area contributed by atoms with Gasteiger partial charge in [-0.3, -0.25) is 4.79 Å². The van der Waals surface area contributed by atoms with Crippen molar-refractivity contribution >= 4 is 17.5 Å². The fourth-order valence-corrected chi connectivity index (χ4v) is 1.93. The average Bonchev–Trinajstić information content (AvgIpc) is 2.39. The van der Waals surface area contributed by atoms with Crippen LogP contribution in [0.1, 0.15) is 21.5 Å². The van der Waals surface area contributed by atoms with E-state index in [-0.39, 0.29) is 11.7 Å². The van der Waals surface area contributed by atoms with E-state index in [1.165, 1.54) is 18.2 Å². The molecule has 2 aromatic rings. The van der Waals surface area contributed by atoms with Crippen LogP contribution in [0, 0.1) is 12.7 Å². The molecule has 0 unspecified atom stereocenters. The molecule has 0 fully saturated rings. The van der Waals surface area contributed by atoms with Crippen molar-refractivity contribution in [2.45, 2.75) is 13.5 Å². The molecule has 0 atom stereocenters. The summed E-state index contributed by atoms with van der Waals surface area (Å²) >= 11 is 5.86. The summed E-state index contributed by atoms with van der Waals surface area (Å²) in [4.78, 5) is 11.9. The summed E-state index contributed by atoms with van der Waals surface area (Å²) in [7, 11) is 0. The Hall–Kier alpha value is -1.87. The smallest absolute Gasteiger partial charge is 0.251 e. The summed E-state index contributed by atoms with van der Waals surface area (Å²) < 4.78 is 13.1. The van der Waals surface area contributed by atoms with Gasteiger partial charge in [-0.05, 0) is 48.4 Å². The highest BCUT2D eigenvalue weighted by Crippen LogP contribution is 2.12. The molecule has 1 N–H and O–H groups in total. The van der Waals surface area contributed by atoms with Gasteiger partial charge in [0.25, 0.3) is 5.91 Å². The van der Waals surface area contributed by atoms with Crippen molar-refractivity contribution in [2.24, 2.45) is 0 Å². The number of benzene rings is 2. The summed E-state index contributed by atoms with van der Waals surface area (Å²) in [5, 5.41) is 3.40. The third-order valence-corrected chi connectivity index (χ3v) is 3.00. The lowest BCUT2D eigenvalue weighted by Gasteiger charge is -2.07. The second-order valence-corrected chi connectivity index (χ2v) is 4.71. The number of nitrogens with one attached hydrogen (secondary N) is 1. The van der Waals surface area contributed by atoms with E-state index in [1.807, 2.05) is 12.1 Å². The Morgan fingerprint density at radius 3 is 2.74 bits per heavy atom. The molecule has 0 radical (unpaired) electrons. The Morgan fingerprint density at radius 1 is 1.26 bits per heavy atom. The molecule has 0 heterocycles. The fourth-order valence-electron chi connectivity index (χ4n) is 1.72. The molecule has 0 aliphatic carbocycles. The van der Waals surface area contributed by atoms with Gasteiger partial charge in [0.1, 0.15) is 5.82 Å². The maximum absolute atomic E-state index is 13.1. The number of amides is 1. The number of hydrogen-bond donors (Lipinski definition) is 1. The Morgan fingerprint density at radius 2 is 2.05 bits per heavy atom. The van der Waals surface area contributed by atoms with Crippen molar-refractivity contribution in [1.29, 1.82) is 0 Å². The zero-order chi connectivity index (χ0) is 13.8. The Balaban J connectivity index is 2.03. The molecule has 2 aromatic carbocycles.